The predicted molar refractivity (Wildman–Crippen MR) is 64.2 cm³/mol. The van der Waals surface area contributed by atoms with Crippen LogP contribution in [0.15, 0.2) is 36.5 Å². The number of carbonyl (C=O) groups is 1. The number of aromatic nitrogens is 2. The van der Waals surface area contributed by atoms with Gasteiger partial charge in [0.1, 0.15) is 11.6 Å². The van der Waals surface area contributed by atoms with Crippen LogP contribution in [0.25, 0.3) is 0 Å². The Morgan fingerprint density at radius 2 is 2.24 bits per heavy atom. The highest BCUT2D eigenvalue weighted by atomic mass is 35.5. The second kappa shape index (κ2) is 5.36. The highest BCUT2D eigenvalue weighted by molar-refractivity contribution is 6.32. The van der Waals surface area contributed by atoms with Crippen LogP contribution < -0.4 is 10.1 Å². The van der Waals surface area contributed by atoms with E-state index in [1.54, 1.807) is 36.5 Å². The van der Waals surface area contributed by atoms with E-state index in [1.165, 1.54) is 0 Å². The molecule has 17 heavy (non-hydrogen) atoms. The largest absolute Gasteiger partial charge is 0.482 e. The molecule has 0 spiro atoms. The van der Waals surface area contributed by atoms with E-state index < -0.39 is 0 Å². The molecule has 0 bridgehead atoms. The number of benzene rings is 1. The number of halogens is 1. The van der Waals surface area contributed by atoms with Crippen LogP contribution in [0.4, 0.5) is 5.82 Å². The van der Waals surface area contributed by atoms with Crippen molar-refractivity contribution in [1.29, 1.82) is 0 Å². The van der Waals surface area contributed by atoms with Crippen molar-refractivity contribution in [2.75, 3.05) is 11.9 Å². The van der Waals surface area contributed by atoms with Crippen LogP contribution in [0.3, 0.4) is 0 Å². The summed E-state index contributed by atoms with van der Waals surface area (Å²) < 4.78 is 5.27. The van der Waals surface area contributed by atoms with Gasteiger partial charge in [-0.3, -0.25) is 9.89 Å². The summed E-state index contributed by atoms with van der Waals surface area (Å²) in [7, 11) is 0. The molecule has 0 unspecified atom stereocenters. The average Bonchev–Trinajstić information content (AvgIpc) is 2.81. The van der Waals surface area contributed by atoms with Gasteiger partial charge in [0.05, 0.1) is 11.2 Å². The number of anilines is 1. The van der Waals surface area contributed by atoms with Crippen molar-refractivity contribution in [3.8, 4) is 5.75 Å². The second-order valence-corrected chi connectivity index (χ2v) is 3.64. The van der Waals surface area contributed by atoms with E-state index >= 15 is 0 Å². The number of nitrogens with one attached hydrogen (secondary N) is 2. The Bertz CT molecular complexity index is 499. The molecule has 6 heteroatoms. The van der Waals surface area contributed by atoms with Gasteiger partial charge in [-0.05, 0) is 12.1 Å². The molecule has 0 atom stereocenters. The van der Waals surface area contributed by atoms with Gasteiger partial charge in [0, 0.05) is 6.07 Å². The third-order valence-corrected chi connectivity index (χ3v) is 2.28. The summed E-state index contributed by atoms with van der Waals surface area (Å²) >= 11 is 5.88. The molecule has 0 aliphatic carbocycles. The first-order valence-electron chi connectivity index (χ1n) is 4.92. The monoisotopic (exact) mass is 251 g/mol. The first-order chi connectivity index (χ1) is 8.25. The molecule has 0 saturated heterocycles. The zero-order chi connectivity index (χ0) is 12.1. The van der Waals surface area contributed by atoms with Gasteiger partial charge in [0.2, 0.25) is 0 Å². The lowest BCUT2D eigenvalue weighted by Crippen LogP contribution is -2.20. The maximum absolute atomic E-state index is 11.5. The lowest BCUT2D eigenvalue weighted by atomic mass is 10.3. The molecule has 2 rings (SSSR count). The summed E-state index contributed by atoms with van der Waals surface area (Å²) in [5.74, 6) is 0.723. The zero-order valence-electron chi connectivity index (χ0n) is 8.81. The molecule has 2 N–H and O–H groups in total. The van der Waals surface area contributed by atoms with E-state index in [9.17, 15) is 4.79 Å². The summed E-state index contributed by atoms with van der Waals surface area (Å²) in [6, 6.07) is 8.62. The Labute approximate surface area is 103 Å². The fourth-order valence-electron chi connectivity index (χ4n) is 1.22. The zero-order valence-corrected chi connectivity index (χ0v) is 9.57. The smallest absolute Gasteiger partial charge is 0.263 e. The maximum Gasteiger partial charge on any atom is 0.263 e. The van der Waals surface area contributed by atoms with E-state index in [1.807, 2.05) is 0 Å². The van der Waals surface area contributed by atoms with Gasteiger partial charge in [0.25, 0.3) is 5.91 Å². The molecule has 0 fully saturated rings. The number of ether oxygens (including phenoxy) is 1. The standard InChI is InChI=1S/C11H10ClN3O2/c12-8-3-1-2-4-9(8)17-7-11(16)14-10-5-6-13-15-10/h1-6H,7H2,(H2,13,14,15,16). The SMILES string of the molecule is O=C(COc1ccccc1Cl)Nc1ccn[nH]1. The van der Waals surface area contributed by atoms with E-state index in [4.69, 9.17) is 16.3 Å². The first kappa shape index (κ1) is 11.5. The molecule has 1 aromatic heterocycles. The van der Waals surface area contributed by atoms with Gasteiger partial charge < -0.3 is 10.1 Å². The first-order valence-corrected chi connectivity index (χ1v) is 5.30. The fraction of sp³-hybridized carbons (Fsp3) is 0.0909. The van der Waals surface area contributed by atoms with Crippen LogP contribution in [-0.4, -0.2) is 22.7 Å². The molecule has 1 aromatic carbocycles. The van der Waals surface area contributed by atoms with Gasteiger partial charge in [-0.2, -0.15) is 5.10 Å². The number of aromatic amines is 1. The van der Waals surface area contributed by atoms with Gasteiger partial charge >= 0.3 is 0 Å². The lowest BCUT2D eigenvalue weighted by molar-refractivity contribution is -0.118. The normalized spacial score (nSPS) is 9.94. The highest BCUT2D eigenvalue weighted by Gasteiger charge is 2.06. The molecule has 88 valence electrons. The Morgan fingerprint density at radius 1 is 1.41 bits per heavy atom. The molecular weight excluding hydrogens is 242 g/mol. The third kappa shape index (κ3) is 3.22. The van der Waals surface area contributed by atoms with Gasteiger partial charge in [0.15, 0.2) is 6.61 Å². The molecule has 0 radical (unpaired) electrons. The van der Waals surface area contributed by atoms with Gasteiger partial charge in [-0.1, -0.05) is 23.7 Å². The molecule has 2 aromatic rings. The van der Waals surface area contributed by atoms with Crippen LogP contribution in [0.1, 0.15) is 0 Å². The summed E-state index contributed by atoms with van der Waals surface area (Å²) in [4.78, 5) is 11.5. The van der Waals surface area contributed by atoms with E-state index in [0.29, 0.717) is 16.6 Å². The molecule has 5 nitrogen and oxygen atoms in total. The quantitative estimate of drug-likeness (QED) is 0.874. The second-order valence-electron chi connectivity index (χ2n) is 3.24. The number of carbonyl (C=O) groups excluding carboxylic acids is 1. The van der Waals surface area contributed by atoms with E-state index in [0.717, 1.165) is 0 Å². The number of H-pyrrole nitrogens is 1. The van der Waals surface area contributed by atoms with E-state index in [-0.39, 0.29) is 12.5 Å². The van der Waals surface area contributed by atoms with Crippen LogP contribution >= 0.6 is 11.6 Å². The number of hydrogen-bond donors (Lipinski definition) is 2. The number of nitrogens with zero attached hydrogens (tertiary/aromatic N) is 1. The van der Waals surface area contributed by atoms with Crippen molar-refractivity contribution in [2.45, 2.75) is 0 Å². The van der Waals surface area contributed by atoms with Crippen molar-refractivity contribution in [3.63, 3.8) is 0 Å². The van der Waals surface area contributed by atoms with Crippen molar-refractivity contribution in [2.24, 2.45) is 0 Å². The molecule has 0 aliphatic heterocycles. The van der Waals surface area contributed by atoms with Crippen LogP contribution in [-0.2, 0) is 4.79 Å². The number of rotatable bonds is 4. The molecule has 1 amide bonds. The minimum atomic E-state index is -0.283. The predicted octanol–water partition coefficient (Wildman–Crippen LogP) is 2.08. The highest BCUT2D eigenvalue weighted by Crippen LogP contribution is 2.22. The van der Waals surface area contributed by atoms with Gasteiger partial charge in [-0.15, -0.1) is 0 Å². The minimum absolute atomic E-state index is 0.108. The summed E-state index contributed by atoms with van der Waals surface area (Å²) in [6.07, 6.45) is 1.55. The lowest BCUT2D eigenvalue weighted by Gasteiger charge is -2.07. The Balaban J connectivity index is 1.86. The molecule has 1 heterocycles. The Morgan fingerprint density at radius 3 is 2.94 bits per heavy atom. The summed E-state index contributed by atoms with van der Waals surface area (Å²) in [6.45, 7) is -0.108. The summed E-state index contributed by atoms with van der Waals surface area (Å²) in [5, 5.41) is 9.38. The van der Waals surface area contributed by atoms with Crippen molar-refractivity contribution < 1.29 is 9.53 Å². The van der Waals surface area contributed by atoms with Crippen molar-refractivity contribution in [3.05, 3.63) is 41.6 Å². The van der Waals surface area contributed by atoms with E-state index in [2.05, 4.69) is 15.5 Å². The average molecular weight is 252 g/mol. The molecular formula is C11H10ClN3O2. The van der Waals surface area contributed by atoms with Crippen LogP contribution in [0.2, 0.25) is 5.02 Å². The maximum atomic E-state index is 11.5. The minimum Gasteiger partial charge on any atom is -0.482 e. The molecule has 0 aliphatic rings. The van der Waals surface area contributed by atoms with Crippen molar-refractivity contribution in [1.82, 2.24) is 10.2 Å². The van der Waals surface area contributed by atoms with Crippen LogP contribution in [0, 0.1) is 0 Å². The van der Waals surface area contributed by atoms with Crippen LogP contribution in [0.5, 0.6) is 5.75 Å². The van der Waals surface area contributed by atoms with Crippen molar-refractivity contribution >= 4 is 23.3 Å². The number of para-hydroxylation sites is 1. The Hall–Kier alpha value is -2.01. The number of amides is 1. The Kier molecular flexibility index (Phi) is 3.62. The third-order valence-electron chi connectivity index (χ3n) is 1.97. The van der Waals surface area contributed by atoms with Gasteiger partial charge in [-0.25, -0.2) is 0 Å². The summed E-state index contributed by atoms with van der Waals surface area (Å²) in [5.41, 5.74) is 0. The number of hydrogen-bond acceptors (Lipinski definition) is 3. The fourth-order valence-corrected chi connectivity index (χ4v) is 1.41. The molecule has 0 saturated carbocycles. The topological polar surface area (TPSA) is 67.0 Å².